The lowest BCUT2D eigenvalue weighted by Crippen LogP contribution is -2.31. The molecule has 0 radical (unpaired) electrons. The van der Waals surface area contributed by atoms with Crippen LogP contribution >= 0.6 is 0 Å². The largest absolute Gasteiger partial charge is 0.330 e. The van der Waals surface area contributed by atoms with Gasteiger partial charge in [-0.15, -0.1) is 0 Å². The predicted molar refractivity (Wildman–Crippen MR) is 70.0 cm³/mol. The van der Waals surface area contributed by atoms with Crippen LogP contribution in [0.15, 0.2) is 30.6 Å². The van der Waals surface area contributed by atoms with Crippen LogP contribution in [0.1, 0.15) is 12.8 Å². The van der Waals surface area contributed by atoms with Crippen molar-refractivity contribution in [1.82, 2.24) is 14.5 Å². The predicted octanol–water partition coefficient (Wildman–Crippen LogP) is 2.38. The van der Waals surface area contributed by atoms with Crippen LogP contribution < -0.4 is 0 Å². The van der Waals surface area contributed by atoms with Crippen molar-refractivity contribution < 1.29 is 0 Å². The highest BCUT2D eigenvalue weighted by molar-refractivity contribution is 5.74. The summed E-state index contributed by atoms with van der Waals surface area (Å²) in [6, 6.07) is 8.39. The molecule has 2 aromatic rings. The number of piperidine rings is 1. The maximum absolute atomic E-state index is 4.45. The molecule has 0 amide bonds. The van der Waals surface area contributed by atoms with Gasteiger partial charge in [-0.2, -0.15) is 0 Å². The molecule has 0 saturated carbocycles. The van der Waals surface area contributed by atoms with Gasteiger partial charge in [0.15, 0.2) is 0 Å². The van der Waals surface area contributed by atoms with Crippen molar-refractivity contribution >= 4 is 11.0 Å². The highest BCUT2D eigenvalue weighted by Gasteiger charge is 2.17. The molecule has 0 spiro atoms. The van der Waals surface area contributed by atoms with E-state index in [9.17, 15) is 0 Å². The van der Waals surface area contributed by atoms with E-state index in [1.807, 2.05) is 6.33 Å². The third-order valence-electron chi connectivity index (χ3n) is 3.82. The van der Waals surface area contributed by atoms with Gasteiger partial charge in [0, 0.05) is 6.54 Å². The first-order valence-electron chi connectivity index (χ1n) is 6.41. The number of likely N-dealkylation sites (tertiary alicyclic amines) is 1. The standard InChI is InChI=1S/C14H19N3/c1-16-8-6-12(7-9-16)10-17-11-15-13-4-2-3-5-14(13)17/h2-5,11-12H,6-10H2,1H3. The lowest BCUT2D eigenvalue weighted by Gasteiger charge is -2.29. The van der Waals surface area contributed by atoms with Crippen LogP contribution in [0.4, 0.5) is 0 Å². The molecule has 1 saturated heterocycles. The van der Waals surface area contributed by atoms with Gasteiger partial charge in [0.2, 0.25) is 0 Å². The Hall–Kier alpha value is -1.35. The number of hydrogen-bond acceptors (Lipinski definition) is 2. The Morgan fingerprint density at radius 3 is 2.82 bits per heavy atom. The zero-order valence-electron chi connectivity index (χ0n) is 10.3. The summed E-state index contributed by atoms with van der Waals surface area (Å²) >= 11 is 0. The first-order chi connectivity index (χ1) is 8.33. The molecule has 0 atom stereocenters. The molecule has 3 nitrogen and oxygen atoms in total. The van der Waals surface area contributed by atoms with Gasteiger partial charge in [-0.3, -0.25) is 0 Å². The summed E-state index contributed by atoms with van der Waals surface area (Å²) in [7, 11) is 2.21. The molecule has 3 heteroatoms. The molecular formula is C14H19N3. The Kier molecular flexibility index (Phi) is 2.85. The van der Waals surface area contributed by atoms with E-state index in [4.69, 9.17) is 0 Å². The van der Waals surface area contributed by atoms with Crippen molar-refractivity contribution in [2.24, 2.45) is 5.92 Å². The number of rotatable bonds is 2. The fourth-order valence-corrected chi connectivity index (χ4v) is 2.68. The Bertz CT molecular complexity index is 495. The minimum absolute atomic E-state index is 0.809. The van der Waals surface area contributed by atoms with Gasteiger partial charge in [-0.1, -0.05) is 12.1 Å². The molecule has 0 N–H and O–H groups in total. The van der Waals surface area contributed by atoms with Gasteiger partial charge in [0.05, 0.1) is 17.4 Å². The summed E-state index contributed by atoms with van der Waals surface area (Å²) in [4.78, 5) is 6.87. The molecule has 1 aromatic carbocycles. The topological polar surface area (TPSA) is 21.1 Å². The monoisotopic (exact) mass is 229 g/mol. The summed E-state index contributed by atoms with van der Waals surface area (Å²) in [6.07, 6.45) is 4.61. The number of imidazole rings is 1. The molecule has 2 heterocycles. The number of fused-ring (bicyclic) bond motifs is 1. The highest BCUT2D eigenvalue weighted by atomic mass is 15.1. The van der Waals surface area contributed by atoms with Crippen LogP contribution in [0.5, 0.6) is 0 Å². The number of benzene rings is 1. The molecule has 1 aromatic heterocycles. The Morgan fingerprint density at radius 1 is 1.24 bits per heavy atom. The molecule has 90 valence electrons. The minimum Gasteiger partial charge on any atom is -0.330 e. The second-order valence-electron chi connectivity index (χ2n) is 5.13. The van der Waals surface area contributed by atoms with Crippen molar-refractivity contribution in [3.63, 3.8) is 0 Å². The molecule has 17 heavy (non-hydrogen) atoms. The van der Waals surface area contributed by atoms with E-state index in [0.29, 0.717) is 0 Å². The average molecular weight is 229 g/mol. The maximum atomic E-state index is 4.45. The third-order valence-corrected chi connectivity index (χ3v) is 3.82. The SMILES string of the molecule is CN1CCC(Cn2cnc3ccccc32)CC1. The third kappa shape index (κ3) is 2.20. The smallest absolute Gasteiger partial charge is 0.0958 e. The van der Waals surface area contributed by atoms with Gasteiger partial charge >= 0.3 is 0 Å². The second kappa shape index (κ2) is 4.49. The highest BCUT2D eigenvalue weighted by Crippen LogP contribution is 2.20. The van der Waals surface area contributed by atoms with Crippen molar-refractivity contribution in [3.8, 4) is 0 Å². The molecule has 0 unspecified atom stereocenters. The maximum Gasteiger partial charge on any atom is 0.0958 e. The zero-order valence-corrected chi connectivity index (χ0v) is 10.3. The van der Waals surface area contributed by atoms with E-state index >= 15 is 0 Å². The van der Waals surface area contributed by atoms with Crippen LogP contribution in [0, 0.1) is 5.92 Å². The van der Waals surface area contributed by atoms with Gasteiger partial charge < -0.3 is 9.47 Å². The van der Waals surface area contributed by atoms with Gasteiger partial charge in [-0.25, -0.2) is 4.98 Å². The lowest BCUT2D eigenvalue weighted by molar-refractivity contribution is 0.206. The lowest BCUT2D eigenvalue weighted by atomic mass is 9.97. The number of nitrogens with zero attached hydrogens (tertiary/aromatic N) is 3. The van der Waals surface area contributed by atoms with E-state index < -0.39 is 0 Å². The zero-order chi connectivity index (χ0) is 11.7. The Morgan fingerprint density at radius 2 is 2.00 bits per heavy atom. The van der Waals surface area contributed by atoms with Gasteiger partial charge in [-0.05, 0) is 51.0 Å². The first-order valence-corrected chi connectivity index (χ1v) is 6.41. The normalized spacial score (nSPS) is 18.9. The quantitative estimate of drug-likeness (QED) is 0.788. The molecule has 0 aliphatic carbocycles. The van der Waals surface area contributed by atoms with E-state index in [-0.39, 0.29) is 0 Å². The summed E-state index contributed by atoms with van der Waals surface area (Å²) in [6.45, 7) is 3.59. The number of aromatic nitrogens is 2. The van der Waals surface area contributed by atoms with Crippen LogP contribution in [0.3, 0.4) is 0 Å². The molecule has 0 bridgehead atoms. The van der Waals surface area contributed by atoms with Gasteiger partial charge in [0.25, 0.3) is 0 Å². The first kappa shape index (κ1) is 10.8. The van der Waals surface area contributed by atoms with E-state index in [0.717, 1.165) is 18.0 Å². The molecule has 3 rings (SSSR count). The Labute approximate surface area is 102 Å². The number of hydrogen-bond donors (Lipinski definition) is 0. The average Bonchev–Trinajstić information content (AvgIpc) is 2.76. The van der Waals surface area contributed by atoms with E-state index in [2.05, 4.69) is 45.8 Å². The molecular weight excluding hydrogens is 210 g/mol. The van der Waals surface area contributed by atoms with Crippen LogP contribution in [-0.2, 0) is 6.54 Å². The van der Waals surface area contributed by atoms with Crippen LogP contribution in [0.2, 0.25) is 0 Å². The summed E-state index contributed by atoms with van der Waals surface area (Å²) in [5.41, 5.74) is 2.38. The van der Waals surface area contributed by atoms with Crippen molar-refractivity contribution in [3.05, 3.63) is 30.6 Å². The molecule has 1 aliphatic heterocycles. The van der Waals surface area contributed by atoms with Gasteiger partial charge in [0.1, 0.15) is 0 Å². The summed E-state index contributed by atoms with van der Waals surface area (Å²) in [5, 5.41) is 0. The molecule has 1 aliphatic rings. The van der Waals surface area contributed by atoms with Crippen molar-refractivity contribution in [2.75, 3.05) is 20.1 Å². The minimum atomic E-state index is 0.809. The van der Waals surface area contributed by atoms with Crippen molar-refractivity contribution in [2.45, 2.75) is 19.4 Å². The van der Waals surface area contributed by atoms with Crippen LogP contribution in [0.25, 0.3) is 11.0 Å². The Balaban J connectivity index is 1.76. The second-order valence-corrected chi connectivity index (χ2v) is 5.13. The molecule has 1 fully saturated rings. The van der Waals surface area contributed by atoms with E-state index in [1.54, 1.807) is 0 Å². The van der Waals surface area contributed by atoms with E-state index in [1.165, 1.54) is 31.4 Å². The van der Waals surface area contributed by atoms with Crippen LogP contribution in [-0.4, -0.2) is 34.6 Å². The fraction of sp³-hybridized carbons (Fsp3) is 0.500. The number of para-hydroxylation sites is 2. The van der Waals surface area contributed by atoms with Crippen molar-refractivity contribution in [1.29, 1.82) is 0 Å². The summed E-state index contributed by atoms with van der Waals surface area (Å²) < 4.78 is 2.31. The fourth-order valence-electron chi connectivity index (χ4n) is 2.68. The summed E-state index contributed by atoms with van der Waals surface area (Å²) in [5.74, 6) is 0.809.